The Morgan fingerprint density at radius 3 is 2.24 bits per heavy atom. The van der Waals surface area contributed by atoms with Crippen molar-refractivity contribution in [3.05, 3.63) is 58.1 Å². The lowest BCUT2D eigenvalue weighted by Crippen LogP contribution is -1.88. The van der Waals surface area contributed by atoms with Crippen molar-refractivity contribution in [2.75, 3.05) is 5.73 Å². The fourth-order valence-electron chi connectivity index (χ4n) is 1.39. The summed E-state index contributed by atoms with van der Waals surface area (Å²) in [6, 6.07) is 13.4. The number of hydrogen-bond acceptors (Lipinski definition) is 2. The Morgan fingerprint density at radius 1 is 0.941 bits per heavy atom. The summed E-state index contributed by atoms with van der Waals surface area (Å²) in [5.41, 5.74) is 7.82. The van der Waals surface area contributed by atoms with Gasteiger partial charge in [-0.3, -0.25) is 0 Å². The van der Waals surface area contributed by atoms with Gasteiger partial charge in [0.1, 0.15) is 0 Å². The van der Waals surface area contributed by atoms with Crippen molar-refractivity contribution in [3.8, 4) is 0 Å². The van der Waals surface area contributed by atoms with Crippen molar-refractivity contribution >= 4 is 40.7 Å². The van der Waals surface area contributed by atoms with Gasteiger partial charge in [-0.15, -0.1) is 11.8 Å². The second-order valence-electron chi connectivity index (χ2n) is 3.60. The molecule has 0 bridgehead atoms. The topological polar surface area (TPSA) is 26.0 Å². The fraction of sp³-hybridized carbons (Fsp3) is 0.0769. The van der Waals surface area contributed by atoms with Crippen molar-refractivity contribution < 1.29 is 0 Å². The molecule has 0 aliphatic heterocycles. The molecule has 2 N–H and O–H groups in total. The molecule has 0 heterocycles. The third-order valence-corrected chi connectivity index (χ3v) is 3.93. The quantitative estimate of drug-likeness (QED) is 0.643. The van der Waals surface area contributed by atoms with Gasteiger partial charge in [0, 0.05) is 26.4 Å². The Morgan fingerprint density at radius 2 is 1.59 bits per heavy atom. The van der Waals surface area contributed by atoms with E-state index >= 15 is 0 Å². The van der Waals surface area contributed by atoms with Gasteiger partial charge < -0.3 is 5.73 Å². The number of halogens is 2. The molecule has 0 aliphatic carbocycles. The van der Waals surface area contributed by atoms with E-state index < -0.39 is 0 Å². The van der Waals surface area contributed by atoms with E-state index in [-0.39, 0.29) is 0 Å². The molecule has 0 radical (unpaired) electrons. The van der Waals surface area contributed by atoms with Gasteiger partial charge >= 0.3 is 0 Å². The zero-order valence-electron chi connectivity index (χ0n) is 8.99. The number of nitrogens with two attached hydrogens (primary N) is 1. The Kier molecular flexibility index (Phi) is 4.21. The average Bonchev–Trinajstić information content (AvgIpc) is 2.30. The second kappa shape index (κ2) is 5.67. The van der Waals surface area contributed by atoms with Crippen LogP contribution in [0.1, 0.15) is 5.56 Å². The van der Waals surface area contributed by atoms with Gasteiger partial charge in [-0.05, 0) is 35.9 Å². The second-order valence-corrected chi connectivity index (χ2v) is 5.49. The summed E-state index contributed by atoms with van der Waals surface area (Å²) in [6.45, 7) is 0. The molecule has 0 unspecified atom stereocenters. The fourth-order valence-corrected chi connectivity index (χ4v) is 2.60. The predicted molar refractivity (Wildman–Crippen MR) is 76.9 cm³/mol. The highest BCUT2D eigenvalue weighted by Crippen LogP contribution is 2.30. The third kappa shape index (κ3) is 3.56. The van der Waals surface area contributed by atoms with E-state index in [0.29, 0.717) is 5.02 Å². The normalized spacial score (nSPS) is 10.5. The molecule has 0 atom stereocenters. The molecule has 88 valence electrons. The zero-order valence-corrected chi connectivity index (χ0v) is 11.3. The molecule has 0 amide bonds. The van der Waals surface area contributed by atoms with Crippen molar-refractivity contribution in [2.45, 2.75) is 10.6 Å². The highest BCUT2D eigenvalue weighted by atomic mass is 35.5. The Hall–Kier alpha value is -0.830. The molecule has 17 heavy (non-hydrogen) atoms. The largest absolute Gasteiger partial charge is 0.398 e. The minimum atomic E-state index is 0.665. The molecule has 2 aromatic rings. The van der Waals surface area contributed by atoms with Gasteiger partial charge in [0.15, 0.2) is 0 Å². The average molecular weight is 284 g/mol. The monoisotopic (exact) mass is 283 g/mol. The molecule has 0 saturated carbocycles. The van der Waals surface area contributed by atoms with E-state index in [1.54, 1.807) is 17.8 Å². The first kappa shape index (κ1) is 12.6. The maximum Gasteiger partial charge on any atom is 0.0467 e. The minimum absolute atomic E-state index is 0.665. The SMILES string of the molecule is Nc1cc(Cl)ccc1SCc1ccc(Cl)cc1. The van der Waals surface area contributed by atoms with E-state index in [9.17, 15) is 0 Å². The van der Waals surface area contributed by atoms with Crippen molar-refractivity contribution in [1.29, 1.82) is 0 Å². The molecule has 0 aliphatic rings. The first-order valence-corrected chi connectivity index (χ1v) is 6.81. The maximum absolute atomic E-state index is 5.88. The van der Waals surface area contributed by atoms with Gasteiger partial charge in [-0.2, -0.15) is 0 Å². The summed E-state index contributed by atoms with van der Waals surface area (Å²) < 4.78 is 0. The van der Waals surface area contributed by atoms with E-state index in [1.165, 1.54) is 5.56 Å². The first-order chi connectivity index (χ1) is 8.15. The van der Waals surface area contributed by atoms with Gasteiger partial charge in [-0.25, -0.2) is 0 Å². The standard InChI is InChI=1S/C13H11Cl2NS/c14-10-3-1-9(2-4-10)8-17-13-6-5-11(15)7-12(13)16/h1-7H,8,16H2. The van der Waals surface area contributed by atoms with Crippen LogP contribution in [0, 0.1) is 0 Å². The van der Waals surface area contributed by atoms with Crippen LogP contribution in [0.4, 0.5) is 5.69 Å². The van der Waals surface area contributed by atoms with E-state index in [1.807, 2.05) is 36.4 Å². The molecule has 0 aromatic heterocycles. The Labute approximate surface area is 115 Å². The molecule has 0 spiro atoms. The minimum Gasteiger partial charge on any atom is -0.398 e. The Bertz CT molecular complexity index is 511. The number of benzene rings is 2. The van der Waals surface area contributed by atoms with Gasteiger partial charge in [0.05, 0.1) is 0 Å². The Balaban J connectivity index is 2.04. The van der Waals surface area contributed by atoms with Crippen LogP contribution < -0.4 is 5.73 Å². The molecule has 2 rings (SSSR count). The number of thioether (sulfide) groups is 1. The number of rotatable bonds is 3. The van der Waals surface area contributed by atoms with Crippen LogP contribution in [-0.4, -0.2) is 0 Å². The maximum atomic E-state index is 5.88. The highest BCUT2D eigenvalue weighted by Gasteiger charge is 2.01. The van der Waals surface area contributed by atoms with Crippen LogP contribution in [0.5, 0.6) is 0 Å². The van der Waals surface area contributed by atoms with Crippen LogP contribution in [0.25, 0.3) is 0 Å². The van der Waals surface area contributed by atoms with Crippen molar-refractivity contribution in [1.82, 2.24) is 0 Å². The van der Waals surface area contributed by atoms with E-state index in [2.05, 4.69) is 0 Å². The van der Waals surface area contributed by atoms with E-state index in [4.69, 9.17) is 28.9 Å². The van der Waals surface area contributed by atoms with Crippen LogP contribution in [0.2, 0.25) is 10.0 Å². The summed E-state index contributed by atoms with van der Waals surface area (Å²) in [4.78, 5) is 1.05. The summed E-state index contributed by atoms with van der Waals surface area (Å²) >= 11 is 13.4. The summed E-state index contributed by atoms with van der Waals surface area (Å²) in [6.07, 6.45) is 0. The van der Waals surface area contributed by atoms with Gasteiger partial charge in [0.25, 0.3) is 0 Å². The molecule has 2 aromatic carbocycles. The lowest BCUT2D eigenvalue weighted by molar-refractivity contribution is 1.38. The van der Waals surface area contributed by atoms with Crippen molar-refractivity contribution in [2.24, 2.45) is 0 Å². The lowest BCUT2D eigenvalue weighted by Gasteiger charge is -2.06. The molecular formula is C13H11Cl2NS. The molecule has 4 heteroatoms. The van der Waals surface area contributed by atoms with Crippen LogP contribution in [-0.2, 0) is 5.75 Å². The molecule has 0 fully saturated rings. The van der Waals surface area contributed by atoms with Gasteiger partial charge in [-0.1, -0.05) is 35.3 Å². The summed E-state index contributed by atoms with van der Waals surface area (Å²) in [5.74, 6) is 0.864. The van der Waals surface area contributed by atoms with Crippen LogP contribution in [0.15, 0.2) is 47.4 Å². The third-order valence-electron chi connectivity index (χ3n) is 2.28. The highest BCUT2D eigenvalue weighted by molar-refractivity contribution is 7.98. The van der Waals surface area contributed by atoms with Crippen LogP contribution in [0.3, 0.4) is 0 Å². The molecule has 1 nitrogen and oxygen atoms in total. The smallest absolute Gasteiger partial charge is 0.0467 e. The van der Waals surface area contributed by atoms with Gasteiger partial charge in [0.2, 0.25) is 0 Å². The predicted octanol–water partition coefficient (Wildman–Crippen LogP) is 4.87. The number of anilines is 1. The lowest BCUT2D eigenvalue weighted by atomic mass is 10.2. The van der Waals surface area contributed by atoms with Crippen LogP contribution >= 0.6 is 35.0 Å². The van der Waals surface area contributed by atoms with Crippen molar-refractivity contribution in [3.63, 3.8) is 0 Å². The summed E-state index contributed by atoms with van der Waals surface area (Å²) in [7, 11) is 0. The first-order valence-electron chi connectivity index (χ1n) is 5.07. The number of nitrogen functional groups attached to an aromatic ring is 1. The summed E-state index contributed by atoms with van der Waals surface area (Å²) in [5, 5.41) is 1.42. The zero-order chi connectivity index (χ0) is 12.3. The number of hydrogen-bond donors (Lipinski definition) is 1. The molecular weight excluding hydrogens is 273 g/mol. The van der Waals surface area contributed by atoms with E-state index in [0.717, 1.165) is 21.4 Å². The molecule has 0 saturated heterocycles.